The molecule has 2 fully saturated rings. The molecule has 3 rings (SSSR count). The van der Waals surface area contributed by atoms with Crippen LogP contribution < -0.4 is 10.6 Å². The first-order chi connectivity index (χ1) is 10.7. The van der Waals surface area contributed by atoms with Crippen molar-refractivity contribution < 1.29 is 9.53 Å². The van der Waals surface area contributed by atoms with Crippen LogP contribution in [0.2, 0.25) is 0 Å². The van der Waals surface area contributed by atoms with Crippen molar-refractivity contribution >= 4 is 22.4 Å². The summed E-state index contributed by atoms with van der Waals surface area (Å²) in [6, 6.07) is 0.248. The van der Waals surface area contributed by atoms with Crippen molar-refractivity contribution in [3.63, 3.8) is 0 Å². The van der Waals surface area contributed by atoms with Gasteiger partial charge in [-0.1, -0.05) is 11.3 Å². The van der Waals surface area contributed by atoms with Gasteiger partial charge in [-0.2, -0.15) is 5.26 Å². The fourth-order valence-electron chi connectivity index (χ4n) is 3.00. The Balaban J connectivity index is 1.44. The Labute approximate surface area is 133 Å². The van der Waals surface area contributed by atoms with Crippen molar-refractivity contribution in [2.24, 2.45) is 5.92 Å². The summed E-state index contributed by atoms with van der Waals surface area (Å²) < 4.78 is 5.73. The molecule has 118 valence electrons. The molecule has 1 aliphatic heterocycles. The average Bonchev–Trinajstić information content (AvgIpc) is 2.94. The van der Waals surface area contributed by atoms with Crippen LogP contribution in [0, 0.1) is 17.4 Å². The highest BCUT2D eigenvalue weighted by Crippen LogP contribution is 2.34. The van der Waals surface area contributed by atoms with Crippen molar-refractivity contribution in [3.05, 3.63) is 11.1 Å². The molecule has 22 heavy (non-hydrogen) atoms. The van der Waals surface area contributed by atoms with E-state index < -0.39 is 0 Å². The molecule has 0 aromatic carbocycles. The molecule has 1 saturated carbocycles. The van der Waals surface area contributed by atoms with E-state index in [0.717, 1.165) is 37.2 Å². The van der Waals surface area contributed by atoms with E-state index in [2.05, 4.69) is 15.6 Å². The van der Waals surface area contributed by atoms with E-state index in [1.807, 2.05) is 12.4 Å². The smallest absolute Gasteiger partial charge is 0.226 e. The zero-order valence-corrected chi connectivity index (χ0v) is 13.2. The van der Waals surface area contributed by atoms with Crippen molar-refractivity contribution in [3.8, 4) is 6.19 Å². The molecule has 7 heteroatoms. The SMILES string of the molecule is N#CNC1CC(CC(=O)Nc2ncc([C@@H]3CCCCO3)s2)C1. The van der Waals surface area contributed by atoms with Crippen LogP contribution in [0.3, 0.4) is 0 Å². The second-order valence-corrected chi connectivity index (χ2v) is 7.03. The first-order valence-electron chi connectivity index (χ1n) is 7.76. The number of amides is 1. The van der Waals surface area contributed by atoms with E-state index >= 15 is 0 Å². The van der Waals surface area contributed by atoms with E-state index in [0.29, 0.717) is 17.5 Å². The van der Waals surface area contributed by atoms with Crippen LogP contribution in [0.4, 0.5) is 5.13 Å². The first-order valence-corrected chi connectivity index (χ1v) is 8.58. The predicted octanol–water partition coefficient (Wildman–Crippen LogP) is 2.56. The van der Waals surface area contributed by atoms with Gasteiger partial charge in [0.05, 0.1) is 11.0 Å². The zero-order valence-electron chi connectivity index (χ0n) is 12.4. The minimum Gasteiger partial charge on any atom is -0.373 e. The maximum Gasteiger partial charge on any atom is 0.226 e. The molecule has 2 aliphatic rings. The molecule has 6 nitrogen and oxygen atoms in total. The average molecular weight is 320 g/mol. The van der Waals surface area contributed by atoms with Crippen LogP contribution in [0.25, 0.3) is 0 Å². The highest BCUT2D eigenvalue weighted by molar-refractivity contribution is 7.15. The Hall–Kier alpha value is -1.65. The number of carbonyl (C=O) groups excluding carboxylic acids is 1. The van der Waals surface area contributed by atoms with Gasteiger partial charge in [-0.05, 0) is 38.0 Å². The molecule has 0 bridgehead atoms. The first kappa shape index (κ1) is 15.3. The van der Waals surface area contributed by atoms with Gasteiger partial charge in [-0.15, -0.1) is 0 Å². The van der Waals surface area contributed by atoms with Gasteiger partial charge in [0.1, 0.15) is 0 Å². The third-order valence-electron chi connectivity index (χ3n) is 4.25. The van der Waals surface area contributed by atoms with Crippen molar-refractivity contribution in [2.75, 3.05) is 11.9 Å². The Morgan fingerprint density at radius 2 is 2.36 bits per heavy atom. The standard InChI is InChI=1S/C15H20N4O2S/c16-9-18-11-5-10(6-11)7-14(20)19-15-17-8-13(22-15)12-3-1-2-4-21-12/h8,10-12,18H,1-7H2,(H,17,19,20)/t10?,11?,12-/m0/s1. The monoisotopic (exact) mass is 320 g/mol. The molecular formula is C15H20N4O2S. The van der Waals surface area contributed by atoms with E-state index in [4.69, 9.17) is 10.00 Å². The minimum absolute atomic E-state index is 0.00544. The van der Waals surface area contributed by atoms with E-state index in [-0.39, 0.29) is 18.1 Å². The normalized spacial score (nSPS) is 27.5. The molecule has 1 saturated heterocycles. The van der Waals surface area contributed by atoms with Crippen molar-refractivity contribution in [2.45, 2.75) is 50.7 Å². The van der Waals surface area contributed by atoms with Gasteiger partial charge in [0.2, 0.25) is 5.91 Å². The molecule has 1 amide bonds. The lowest BCUT2D eigenvalue weighted by Gasteiger charge is -2.33. The quantitative estimate of drug-likeness (QED) is 0.643. The summed E-state index contributed by atoms with van der Waals surface area (Å²) in [5.74, 6) is 0.373. The number of hydrogen-bond donors (Lipinski definition) is 2. The number of aromatic nitrogens is 1. The molecule has 0 unspecified atom stereocenters. The molecule has 1 aromatic rings. The molecule has 1 aromatic heterocycles. The fourth-order valence-corrected chi connectivity index (χ4v) is 3.92. The molecule has 1 aliphatic carbocycles. The van der Waals surface area contributed by atoms with Gasteiger partial charge in [-0.25, -0.2) is 4.98 Å². The van der Waals surface area contributed by atoms with Gasteiger partial charge in [0, 0.05) is 25.3 Å². The lowest BCUT2D eigenvalue weighted by molar-refractivity contribution is -0.117. The summed E-state index contributed by atoms with van der Waals surface area (Å²) in [5, 5.41) is 14.8. The van der Waals surface area contributed by atoms with Gasteiger partial charge in [0.15, 0.2) is 11.3 Å². The summed E-state index contributed by atoms with van der Waals surface area (Å²) in [6.45, 7) is 0.809. The van der Waals surface area contributed by atoms with E-state index in [1.54, 1.807) is 0 Å². The summed E-state index contributed by atoms with van der Waals surface area (Å²) in [6.07, 6.45) is 9.52. The Morgan fingerprint density at radius 3 is 3.09 bits per heavy atom. The molecule has 2 N–H and O–H groups in total. The van der Waals surface area contributed by atoms with Crippen LogP contribution in [-0.2, 0) is 9.53 Å². The maximum absolute atomic E-state index is 12.0. The number of nitrogens with zero attached hydrogens (tertiary/aromatic N) is 2. The largest absolute Gasteiger partial charge is 0.373 e. The zero-order chi connectivity index (χ0) is 15.4. The molecule has 1 atom stereocenters. The van der Waals surface area contributed by atoms with Crippen LogP contribution in [-0.4, -0.2) is 23.5 Å². The minimum atomic E-state index is 0.00544. The number of nitriles is 1. The lowest BCUT2D eigenvalue weighted by atomic mass is 9.78. The highest BCUT2D eigenvalue weighted by Gasteiger charge is 2.30. The Morgan fingerprint density at radius 1 is 1.50 bits per heavy atom. The number of thiazole rings is 1. The van der Waals surface area contributed by atoms with Crippen LogP contribution >= 0.6 is 11.3 Å². The lowest BCUT2D eigenvalue weighted by Crippen LogP contribution is -2.40. The second kappa shape index (κ2) is 7.07. The molecule has 2 heterocycles. The topological polar surface area (TPSA) is 87.0 Å². The second-order valence-electron chi connectivity index (χ2n) is 5.97. The number of anilines is 1. The summed E-state index contributed by atoms with van der Waals surface area (Å²) in [4.78, 5) is 17.4. The third-order valence-corrected chi connectivity index (χ3v) is 5.25. The Kier molecular flexibility index (Phi) is 4.90. The molecular weight excluding hydrogens is 300 g/mol. The maximum atomic E-state index is 12.0. The third kappa shape index (κ3) is 3.76. The summed E-state index contributed by atoms with van der Waals surface area (Å²) in [7, 11) is 0. The summed E-state index contributed by atoms with van der Waals surface area (Å²) >= 11 is 1.51. The van der Waals surface area contributed by atoms with Gasteiger partial charge >= 0.3 is 0 Å². The van der Waals surface area contributed by atoms with E-state index in [9.17, 15) is 4.79 Å². The number of nitrogens with one attached hydrogen (secondary N) is 2. The summed E-state index contributed by atoms with van der Waals surface area (Å²) in [5.41, 5.74) is 0. The Bertz CT molecular complexity index is 556. The van der Waals surface area contributed by atoms with Crippen molar-refractivity contribution in [1.29, 1.82) is 5.26 Å². The van der Waals surface area contributed by atoms with Gasteiger partial charge < -0.3 is 15.4 Å². The fraction of sp³-hybridized carbons (Fsp3) is 0.667. The number of hydrogen-bond acceptors (Lipinski definition) is 6. The van der Waals surface area contributed by atoms with Crippen LogP contribution in [0.1, 0.15) is 49.5 Å². The van der Waals surface area contributed by atoms with Crippen LogP contribution in [0.15, 0.2) is 6.20 Å². The van der Waals surface area contributed by atoms with E-state index in [1.165, 1.54) is 17.8 Å². The van der Waals surface area contributed by atoms with Crippen molar-refractivity contribution in [1.82, 2.24) is 10.3 Å². The molecule has 0 spiro atoms. The van der Waals surface area contributed by atoms with Gasteiger partial charge in [-0.3, -0.25) is 4.79 Å². The van der Waals surface area contributed by atoms with Gasteiger partial charge in [0.25, 0.3) is 0 Å². The highest BCUT2D eigenvalue weighted by atomic mass is 32.1. The number of ether oxygens (including phenoxy) is 1. The van der Waals surface area contributed by atoms with Crippen LogP contribution in [0.5, 0.6) is 0 Å². The number of carbonyl (C=O) groups is 1. The predicted molar refractivity (Wildman–Crippen MR) is 83.2 cm³/mol. The molecule has 0 radical (unpaired) electrons. The number of rotatable bonds is 5.